The molecule has 0 atom stereocenters. The first-order valence-corrected chi connectivity index (χ1v) is 22.3. The lowest BCUT2D eigenvalue weighted by Crippen LogP contribution is -2.36. The van der Waals surface area contributed by atoms with Crippen molar-refractivity contribution in [1.29, 1.82) is 0 Å². The predicted octanol–water partition coefficient (Wildman–Crippen LogP) is 12.9. The molecular formula is C53H55IN4O6. The Morgan fingerprint density at radius 3 is 1.25 bits per heavy atom. The van der Waals surface area contributed by atoms with Crippen LogP contribution in [-0.4, -0.2) is 29.7 Å². The van der Waals surface area contributed by atoms with Crippen molar-refractivity contribution in [2.75, 3.05) is 16.0 Å². The molecular weight excluding hydrogens is 916 g/mol. The van der Waals surface area contributed by atoms with Gasteiger partial charge in [0.25, 0.3) is 23.6 Å². The van der Waals surface area contributed by atoms with Gasteiger partial charge in [0.2, 0.25) is 0 Å². The summed E-state index contributed by atoms with van der Waals surface area (Å²) in [6, 6.07) is 47.2. The molecule has 7 aromatic rings. The summed E-state index contributed by atoms with van der Waals surface area (Å²) in [5, 5.41) is 11.6. The highest BCUT2D eigenvalue weighted by Gasteiger charge is 2.19. The minimum absolute atomic E-state index is 0.0150. The van der Waals surface area contributed by atoms with Gasteiger partial charge in [-0.1, -0.05) is 104 Å². The van der Waals surface area contributed by atoms with E-state index >= 15 is 0 Å². The summed E-state index contributed by atoms with van der Waals surface area (Å²) in [5.74, 6) is 2.64. The number of hydrogen-bond acceptors (Lipinski definition) is 6. The summed E-state index contributed by atoms with van der Waals surface area (Å²) in [7, 11) is 0. The van der Waals surface area contributed by atoms with Crippen LogP contribution in [0.2, 0.25) is 0 Å². The summed E-state index contributed by atoms with van der Waals surface area (Å²) in [6.45, 7) is 9.24. The van der Waals surface area contributed by atoms with E-state index in [4.69, 9.17) is 8.83 Å². The minimum atomic E-state index is -0.138. The SMILES string of the molecule is Cc1cc(C(=O)NC2CCCCC2)c(C)o1.Cc1cc(C(=O)Nc2ccccc2)c(C)o1.Cc1ccccc1C(=O)Nc1ccccc1.O=C(Nc1ccccc1)c1ccccc1I. The van der Waals surface area contributed by atoms with Crippen LogP contribution in [0.1, 0.15) is 102 Å². The van der Waals surface area contributed by atoms with E-state index in [1.807, 2.05) is 173 Å². The number of para-hydroxylation sites is 3. The Labute approximate surface area is 389 Å². The van der Waals surface area contributed by atoms with E-state index in [-0.39, 0.29) is 23.6 Å². The lowest BCUT2D eigenvalue weighted by Gasteiger charge is -2.22. The van der Waals surface area contributed by atoms with Gasteiger partial charge in [-0.2, -0.15) is 0 Å². The van der Waals surface area contributed by atoms with E-state index in [9.17, 15) is 19.2 Å². The third-order valence-corrected chi connectivity index (χ3v) is 11.1. The van der Waals surface area contributed by atoms with Crippen molar-refractivity contribution < 1.29 is 28.0 Å². The number of carbonyl (C=O) groups excluding carboxylic acids is 4. The van der Waals surface area contributed by atoms with Gasteiger partial charge >= 0.3 is 0 Å². The van der Waals surface area contributed by atoms with E-state index in [1.165, 1.54) is 19.3 Å². The van der Waals surface area contributed by atoms with Gasteiger partial charge in [0.1, 0.15) is 23.0 Å². The molecule has 2 heterocycles. The fourth-order valence-corrected chi connectivity index (χ4v) is 7.49. The molecule has 4 N–H and O–H groups in total. The minimum Gasteiger partial charge on any atom is -0.466 e. The zero-order chi connectivity index (χ0) is 45.8. The molecule has 0 unspecified atom stereocenters. The van der Waals surface area contributed by atoms with Gasteiger partial charge in [-0.25, -0.2) is 0 Å². The van der Waals surface area contributed by atoms with Gasteiger partial charge < -0.3 is 30.1 Å². The van der Waals surface area contributed by atoms with Crippen LogP contribution in [0.25, 0.3) is 0 Å². The number of benzene rings is 5. The molecule has 1 aliphatic rings. The molecule has 5 aromatic carbocycles. The number of aryl methyl sites for hydroxylation is 5. The first-order valence-electron chi connectivity index (χ1n) is 21.2. The second-order valence-electron chi connectivity index (χ2n) is 15.2. The maximum atomic E-state index is 12.0. The Kier molecular flexibility index (Phi) is 18.7. The number of nitrogens with one attached hydrogen (secondary N) is 4. The van der Waals surface area contributed by atoms with Gasteiger partial charge in [-0.3, -0.25) is 19.2 Å². The molecule has 2 aromatic heterocycles. The highest BCUT2D eigenvalue weighted by molar-refractivity contribution is 14.1. The zero-order valence-corrected chi connectivity index (χ0v) is 39.0. The van der Waals surface area contributed by atoms with Gasteiger partial charge in [0.15, 0.2) is 0 Å². The van der Waals surface area contributed by atoms with Gasteiger partial charge in [-0.15, -0.1) is 0 Å². The Morgan fingerprint density at radius 2 is 0.828 bits per heavy atom. The van der Waals surface area contributed by atoms with E-state index < -0.39 is 0 Å². The number of anilines is 3. The second kappa shape index (κ2) is 24.8. The third kappa shape index (κ3) is 15.3. The lowest BCUT2D eigenvalue weighted by atomic mass is 9.95. The first-order chi connectivity index (χ1) is 30.9. The first kappa shape index (κ1) is 48.3. The molecule has 11 heteroatoms. The maximum absolute atomic E-state index is 12.0. The molecule has 10 nitrogen and oxygen atoms in total. The van der Waals surface area contributed by atoms with E-state index in [2.05, 4.69) is 43.9 Å². The van der Waals surface area contributed by atoms with E-state index in [0.717, 1.165) is 50.6 Å². The van der Waals surface area contributed by atoms with Crippen LogP contribution in [0, 0.1) is 38.2 Å². The Morgan fingerprint density at radius 1 is 0.453 bits per heavy atom. The average Bonchev–Trinajstić information content (AvgIpc) is 3.83. The van der Waals surface area contributed by atoms with E-state index in [0.29, 0.717) is 39.8 Å². The molecule has 8 rings (SSSR count). The molecule has 64 heavy (non-hydrogen) atoms. The Balaban J connectivity index is 0.000000161. The number of amides is 4. The average molecular weight is 971 g/mol. The normalized spacial score (nSPS) is 11.8. The maximum Gasteiger partial charge on any atom is 0.259 e. The fourth-order valence-electron chi connectivity index (χ4n) is 6.86. The molecule has 0 saturated heterocycles. The van der Waals surface area contributed by atoms with Crippen LogP contribution in [0.15, 0.2) is 160 Å². The highest BCUT2D eigenvalue weighted by Crippen LogP contribution is 2.20. The third-order valence-electron chi connectivity index (χ3n) is 10.1. The van der Waals surface area contributed by atoms with Crippen LogP contribution in [0.3, 0.4) is 0 Å². The van der Waals surface area contributed by atoms with Gasteiger partial charge in [0.05, 0.1) is 16.7 Å². The Hall–Kier alpha value is -6.73. The van der Waals surface area contributed by atoms with Crippen molar-refractivity contribution >= 4 is 63.3 Å². The van der Waals surface area contributed by atoms with Crippen molar-refractivity contribution in [3.05, 3.63) is 206 Å². The quantitative estimate of drug-likeness (QED) is 0.112. The molecule has 1 saturated carbocycles. The summed E-state index contributed by atoms with van der Waals surface area (Å²) in [6.07, 6.45) is 5.99. The Bertz CT molecular complexity index is 2490. The molecule has 330 valence electrons. The monoisotopic (exact) mass is 970 g/mol. The van der Waals surface area contributed by atoms with Gasteiger partial charge in [0, 0.05) is 32.2 Å². The van der Waals surface area contributed by atoms with Crippen molar-refractivity contribution in [1.82, 2.24) is 5.32 Å². The smallest absolute Gasteiger partial charge is 0.259 e. The molecule has 0 radical (unpaired) electrons. The molecule has 0 spiro atoms. The number of halogens is 1. The van der Waals surface area contributed by atoms with Crippen LogP contribution in [0.5, 0.6) is 0 Å². The fraction of sp³-hybridized carbons (Fsp3) is 0.208. The largest absolute Gasteiger partial charge is 0.466 e. The number of hydrogen-bond donors (Lipinski definition) is 4. The van der Waals surface area contributed by atoms with Gasteiger partial charge in [-0.05, 0) is 142 Å². The topological polar surface area (TPSA) is 143 Å². The molecule has 4 amide bonds. The zero-order valence-electron chi connectivity index (χ0n) is 36.9. The molecule has 1 fully saturated rings. The molecule has 0 bridgehead atoms. The highest BCUT2D eigenvalue weighted by atomic mass is 127. The van der Waals surface area contributed by atoms with Crippen molar-refractivity contribution in [3.63, 3.8) is 0 Å². The predicted molar refractivity (Wildman–Crippen MR) is 264 cm³/mol. The molecule has 0 aliphatic heterocycles. The summed E-state index contributed by atoms with van der Waals surface area (Å²) in [5.41, 5.74) is 6.08. The van der Waals surface area contributed by atoms with Crippen LogP contribution in [0.4, 0.5) is 17.1 Å². The van der Waals surface area contributed by atoms with Crippen LogP contribution < -0.4 is 21.3 Å². The number of rotatable bonds is 8. The van der Waals surface area contributed by atoms with Crippen molar-refractivity contribution in [3.8, 4) is 0 Å². The van der Waals surface area contributed by atoms with Crippen LogP contribution >= 0.6 is 22.6 Å². The van der Waals surface area contributed by atoms with Crippen molar-refractivity contribution in [2.45, 2.75) is 72.8 Å². The number of furan rings is 2. The molecule has 1 aliphatic carbocycles. The summed E-state index contributed by atoms with van der Waals surface area (Å²) < 4.78 is 11.6. The van der Waals surface area contributed by atoms with Crippen molar-refractivity contribution in [2.24, 2.45) is 0 Å². The lowest BCUT2D eigenvalue weighted by molar-refractivity contribution is 0.0924. The van der Waals surface area contributed by atoms with E-state index in [1.54, 1.807) is 13.0 Å². The second-order valence-corrected chi connectivity index (χ2v) is 16.4. The number of carbonyl (C=O) groups is 4. The summed E-state index contributed by atoms with van der Waals surface area (Å²) >= 11 is 2.16. The standard InChI is InChI=1S/C14H13NO.C13H10INO.C13H19NO2.C13H13NO2/c1-11-7-5-6-10-13(11)14(16)15-12-8-3-2-4-9-12;14-12-9-5-4-8-11(12)13(16)15-10-6-2-1-3-7-10;2*1-9-8-12(10(2)16-9)13(15)14-11-6-4-3-5-7-11/h2-10H,1H3,(H,15,16);1-9H,(H,15,16);8,11H,3-7H2,1-2H3,(H,14,15);3-8H,1-2H3,(H,14,15). The summed E-state index contributed by atoms with van der Waals surface area (Å²) in [4.78, 5) is 47.7. The van der Waals surface area contributed by atoms with Crippen LogP contribution in [-0.2, 0) is 0 Å².